The molecule has 2 heterocycles. The van der Waals surface area contributed by atoms with Crippen LogP contribution in [0.2, 0.25) is 0 Å². The fraction of sp³-hybridized carbons (Fsp3) is 0.227. The highest BCUT2D eigenvalue weighted by Crippen LogP contribution is 2.32. The predicted molar refractivity (Wildman–Crippen MR) is 118 cm³/mol. The van der Waals surface area contributed by atoms with Crippen LogP contribution in [0.5, 0.6) is 0 Å². The summed E-state index contributed by atoms with van der Waals surface area (Å²) in [6.45, 7) is 2.46. The highest BCUT2D eigenvalue weighted by Gasteiger charge is 2.26. The molecule has 0 spiro atoms. The van der Waals surface area contributed by atoms with Gasteiger partial charge in [0.2, 0.25) is 0 Å². The van der Waals surface area contributed by atoms with E-state index in [1.807, 2.05) is 48.5 Å². The molecule has 0 aliphatic heterocycles. The van der Waals surface area contributed by atoms with Crippen LogP contribution >= 0.6 is 15.9 Å². The number of ether oxygens (including phenoxy) is 1. The number of esters is 1. The minimum Gasteiger partial charge on any atom is -0.462 e. The zero-order chi connectivity index (χ0) is 20.4. The first-order valence-corrected chi connectivity index (χ1v) is 10.4. The number of carbonyl (C=O) groups excluding carboxylic acids is 1. The first-order chi connectivity index (χ1) is 14.1. The van der Waals surface area contributed by atoms with Crippen LogP contribution in [-0.2, 0) is 4.74 Å². The number of halogens is 1. The van der Waals surface area contributed by atoms with Crippen LogP contribution in [0.4, 0.5) is 5.82 Å². The third kappa shape index (κ3) is 3.70. The van der Waals surface area contributed by atoms with E-state index in [0.717, 1.165) is 34.9 Å². The molecule has 0 aliphatic carbocycles. The molecule has 0 atom stereocenters. The average molecular weight is 453 g/mol. The maximum absolute atomic E-state index is 12.9. The van der Waals surface area contributed by atoms with Gasteiger partial charge in [-0.15, -0.1) is 0 Å². The lowest BCUT2D eigenvalue weighted by Gasteiger charge is -2.08. The van der Waals surface area contributed by atoms with Gasteiger partial charge in [-0.25, -0.2) is 14.8 Å². The molecule has 0 saturated heterocycles. The third-order valence-electron chi connectivity index (χ3n) is 4.75. The van der Waals surface area contributed by atoms with Crippen molar-refractivity contribution in [2.45, 2.75) is 26.2 Å². The van der Waals surface area contributed by atoms with Gasteiger partial charge < -0.3 is 10.5 Å². The van der Waals surface area contributed by atoms with Crippen molar-refractivity contribution in [3.63, 3.8) is 0 Å². The standard InChI is InChI=1S/C22H21BrN4O2/c1-2-3-6-12-29-22(28)18-19-21(26-17-11-5-4-10-16(17)25-19)27(20(18)24)15-9-7-8-14(23)13-15/h4-5,7-11,13H,2-3,6,12,24H2,1H3. The highest BCUT2D eigenvalue weighted by atomic mass is 79.9. The summed E-state index contributed by atoms with van der Waals surface area (Å²) in [5.74, 6) is -0.198. The molecule has 29 heavy (non-hydrogen) atoms. The fourth-order valence-corrected chi connectivity index (χ4v) is 3.72. The maximum atomic E-state index is 12.9. The van der Waals surface area contributed by atoms with Gasteiger partial charge in [-0.3, -0.25) is 4.57 Å². The molecule has 4 aromatic rings. The Labute approximate surface area is 176 Å². The Morgan fingerprint density at radius 2 is 1.86 bits per heavy atom. The summed E-state index contributed by atoms with van der Waals surface area (Å²) < 4.78 is 8.14. The lowest BCUT2D eigenvalue weighted by molar-refractivity contribution is 0.0501. The number of benzene rings is 2. The monoisotopic (exact) mass is 452 g/mol. The summed E-state index contributed by atoms with van der Waals surface area (Å²) in [6, 6.07) is 15.2. The first kappa shape index (κ1) is 19.4. The van der Waals surface area contributed by atoms with Crippen molar-refractivity contribution in [1.82, 2.24) is 14.5 Å². The van der Waals surface area contributed by atoms with Crippen molar-refractivity contribution in [3.05, 3.63) is 58.6 Å². The zero-order valence-corrected chi connectivity index (χ0v) is 17.6. The number of fused-ring (bicyclic) bond motifs is 2. The number of para-hydroxylation sites is 2. The number of aromatic nitrogens is 3. The normalized spacial score (nSPS) is 11.2. The summed E-state index contributed by atoms with van der Waals surface area (Å²) >= 11 is 3.49. The molecule has 2 aromatic carbocycles. The van der Waals surface area contributed by atoms with Gasteiger partial charge in [0.15, 0.2) is 5.65 Å². The second-order valence-corrected chi connectivity index (χ2v) is 7.72. The van der Waals surface area contributed by atoms with Crippen molar-refractivity contribution in [3.8, 4) is 5.69 Å². The van der Waals surface area contributed by atoms with Crippen LogP contribution in [0, 0.1) is 0 Å². The second-order valence-electron chi connectivity index (χ2n) is 6.80. The van der Waals surface area contributed by atoms with Gasteiger partial charge in [-0.05, 0) is 36.8 Å². The Balaban J connectivity index is 1.91. The first-order valence-electron chi connectivity index (χ1n) is 9.60. The molecule has 7 heteroatoms. The number of nitrogen functional groups attached to an aromatic ring is 1. The number of nitrogens with zero attached hydrogens (tertiary/aromatic N) is 3. The topological polar surface area (TPSA) is 83.0 Å². The van der Waals surface area contributed by atoms with E-state index in [1.54, 1.807) is 4.57 Å². The Bertz CT molecular complexity index is 1200. The van der Waals surface area contributed by atoms with E-state index in [1.165, 1.54) is 0 Å². The van der Waals surface area contributed by atoms with Gasteiger partial charge in [0.25, 0.3) is 0 Å². The molecule has 148 valence electrons. The summed E-state index contributed by atoms with van der Waals surface area (Å²) in [5, 5.41) is 0. The lowest BCUT2D eigenvalue weighted by Crippen LogP contribution is -2.10. The summed E-state index contributed by atoms with van der Waals surface area (Å²) in [4.78, 5) is 22.3. The fourth-order valence-electron chi connectivity index (χ4n) is 3.33. The van der Waals surface area contributed by atoms with E-state index in [0.29, 0.717) is 23.3 Å². The van der Waals surface area contributed by atoms with E-state index >= 15 is 0 Å². The van der Waals surface area contributed by atoms with E-state index in [2.05, 4.69) is 22.9 Å². The average Bonchev–Trinajstić information content (AvgIpc) is 3.00. The highest BCUT2D eigenvalue weighted by molar-refractivity contribution is 9.10. The summed E-state index contributed by atoms with van der Waals surface area (Å²) in [7, 11) is 0. The molecular weight excluding hydrogens is 432 g/mol. The number of hydrogen-bond acceptors (Lipinski definition) is 5. The number of nitrogens with two attached hydrogens (primary N) is 1. The van der Waals surface area contributed by atoms with Gasteiger partial charge >= 0.3 is 5.97 Å². The van der Waals surface area contributed by atoms with E-state index in [4.69, 9.17) is 20.4 Å². The van der Waals surface area contributed by atoms with E-state index in [-0.39, 0.29) is 11.4 Å². The molecule has 0 saturated carbocycles. The molecule has 4 rings (SSSR count). The van der Waals surface area contributed by atoms with Crippen molar-refractivity contribution in [2.75, 3.05) is 12.3 Å². The van der Waals surface area contributed by atoms with E-state index in [9.17, 15) is 4.79 Å². The molecule has 0 bridgehead atoms. The molecule has 0 unspecified atom stereocenters. The third-order valence-corrected chi connectivity index (χ3v) is 5.24. The molecule has 2 N–H and O–H groups in total. The van der Waals surface area contributed by atoms with Crippen molar-refractivity contribution < 1.29 is 9.53 Å². The molecule has 6 nitrogen and oxygen atoms in total. The Kier molecular flexibility index (Phi) is 5.49. The number of anilines is 1. The van der Waals surface area contributed by atoms with Crippen LogP contribution in [-0.4, -0.2) is 27.1 Å². The van der Waals surface area contributed by atoms with Gasteiger partial charge in [-0.1, -0.05) is 53.9 Å². The van der Waals surface area contributed by atoms with Crippen molar-refractivity contribution >= 4 is 49.9 Å². The van der Waals surface area contributed by atoms with Gasteiger partial charge in [0.1, 0.15) is 16.9 Å². The maximum Gasteiger partial charge on any atom is 0.344 e. The molecule has 2 aromatic heterocycles. The minimum absolute atomic E-state index is 0.259. The van der Waals surface area contributed by atoms with Crippen LogP contribution < -0.4 is 5.73 Å². The predicted octanol–water partition coefficient (Wildman–Crippen LogP) is 5.27. The molecule has 0 amide bonds. The summed E-state index contributed by atoms with van der Waals surface area (Å²) in [6.07, 6.45) is 2.88. The molecule has 0 radical (unpaired) electrons. The minimum atomic E-state index is -0.470. The molecule has 0 fully saturated rings. The van der Waals surface area contributed by atoms with Gasteiger partial charge in [0.05, 0.1) is 23.3 Å². The molecule has 0 aliphatic rings. The lowest BCUT2D eigenvalue weighted by atomic mass is 10.2. The van der Waals surface area contributed by atoms with Gasteiger partial charge in [-0.2, -0.15) is 0 Å². The Hall–Kier alpha value is -2.93. The number of rotatable bonds is 6. The van der Waals surface area contributed by atoms with Crippen molar-refractivity contribution in [1.29, 1.82) is 0 Å². The van der Waals surface area contributed by atoms with Crippen LogP contribution in [0.1, 0.15) is 36.5 Å². The summed E-state index contributed by atoms with van der Waals surface area (Å²) in [5.41, 5.74) is 9.91. The zero-order valence-electron chi connectivity index (χ0n) is 16.1. The Morgan fingerprint density at radius 1 is 1.10 bits per heavy atom. The van der Waals surface area contributed by atoms with Crippen LogP contribution in [0.15, 0.2) is 53.0 Å². The largest absolute Gasteiger partial charge is 0.462 e. The SMILES string of the molecule is CCCCCOC(=O)c1c(N)n(-c2cccc(Br)c2)c2nc3ccccc3nc12. The number of hydrogen-bond donors (Lipinski definition) is 1. The van der Waals surface area contributed by atoms with Gasteiger partial charge in [0, 0.05) is 4.47 Å². The number of unbranched alkanes of at least 4 members (excludes halogenated alkanes) is 2. The van der Waals surface area contributed by atoms with Crippen molar-refractivity contribution in [2.24, 2.45) is 0 Å². The van der Waals surface area contributed by atoms with E-state index < -0.39 is 5.97 Å². The Morgan fingerprint density at radius 3 is 2.59 bits per heavy atom. The smallest absolute Gasteiger partial charge is 0.344 e. The molecular formula is C22H21BrN4O2. The second kappa shape index (κ2) is 8.21. The number of carbonyl (C=O) groups is 1. The van der Waals surface area contributed by atoms with Crippen LogP contribution in [0.25, 0.3) is 27.9 Å². The van der Waals surface area contributed by atoms with Crippen LogP contribution in [0.3, 0.4) is 0 Å². The quantitative estimate of drug-likeness (QED) is 0.318.